The maximum Gasteiger partial charge on any atom is 0.235 e. The quantitative estimate of drug-likeness (QED) is 0.786. The molecular weight excluding hydrogens is 360 g/mol. The van der Waals surface area contributed by atoms with Crippen LogP contribution in [0.4, 0.5) is 11.4 Å². The van der Waals surface area contributed by atoms with Gasteiger partial charge in [-0.15, -0.1) is 11.8 Å². The molecular formula is C21H24N2O3S. The Balaban J connectivity index is 1.61. The van der Waals surface area contributed by atoms with Crippen LogP contribution in [-0.2, 0) is 9.59 Å². The Morgan fingerprint density at radius 1 is 1.22 bits per heavy atom. The molecule has 0 bridgehead atoms. The molecule has 0 atom stereocenters. The molecule has 142 valence electrons. The molecule has 0 unspecified atom stereocenters. The lowest BCUT2D eigenvalue weighted by Gasteiger charge is -2.24. The van der Waals surface area contributed by atoms with E-state index in [1.54, 1.807) is 35.8 Å². The number of hydrogen-bond donors (Lipinski definition) is 1. The zero-order valence-electron chi connectivity index (χ0n) is 15.8. The fourth-order valence-corrected chi connectivity index (χ4v) is 3.74. The lowest BCUT2D eigenvalue weighted by molar-refractivity contribution is -0.127. The van der Waals surface area contributed by atoms with Crippen molar-refractivity contribution < 1.29 is 14.3 Å². The number of nitrogens with zero attached hydrogens (tertiary/aromatic N) is 1. The van der Waals surface area contributed by atoms with Gasteiger partial charge in [0.1, 0.15) is 12.4 Å². The van der Waals surface area contributed by atoms with Crippen molar-refractivity contribution in [1.29, 1.82) is 0 Å². The normalized spacial score (nSPS) is 15.5. The van der Waals surface area contributed by atoms with Gasteiger partial charge in [0.2, 0.25) is 11.8 Å². The second-order valence-electron chi connectivity index (χ2n) is 7.18. The van der Waals surface area contributed by atoms with E-state index < -0.39 is 5.41 Å². The molecule has 2 aromatic rings. The van der Waals surface area contributed by atoms with Gasteiger partial charge in [0, 0.05) is 35.9 Å². The molecule has 0 aliphatic carbocycles. The number of benzene rings is 2. The summed E-state index contributed by atoms with van der Waals surface area (Å²) in [6.07, 6.45) is 0.420. The number of rotatable bonds is 5. The number of hydrogen-bond acceptors (Lipinski definition) is 4. The van der Waals surface area contributed by atoms with Crippen molar-refractivity contribution in [2.24, 2.45) is 5.41 Å². The maximum absolute atomic E-state index is 12.5. The fraction of sp³-hybridized carbons (Fsp3) is 0.333. The summed E-state index contributed by atoms with van der Waals surface area (Å²) in [4.78, 5) is 27.5. The first-order chi connectivity index (χ1) is 12.9. The minimum Gasteiger partial charge on any atom is -0.490 e. The summed E-state index contributed by atoms with van der Waals surface area (Å²) in [5.74, 6) is 1.28. The van der Waals surface area contributed by atoms with Crippen LogP contribution in [0.15, 0.2) is 53.4 Å². The molecule has 5 nitrogen and oxygen atoms in total. The Morgan fingerprint density at radius 3 is 2.70 bits per heavy atom. The van der Waals surface area contributed by atoms with Crippen molar-refractivity contribution in [3.05, 3.63) is 48.5 Å². The topological polar surface area (TPSA) is 58.6 Å². The number of ether oxygens (including phenoxy) is 1. The van der Waals surface area contributed by atoms with E-state index in [0.717, 1.165) is 4.90 Å². The number of thioether (sulfide) groups is 1. The third-order valence-corrected chi connectivity index (χ3v) is 5.43. The highest BCUT2D eigenvalue weighted by Crippen LogP contribution is 2.37. The van der Waals surface area contributed by atoms with E-state index in [-0.39, 0.29) is 11.8 Å². The van der Waals surface area contributed by atoms with E-state index in [4.69, 9.17) is 4.74 Å². The van der Waals surface area contributed by atoms with E-state index in [9.17, 15) is 9.59 Å². The maximum atomic E-state index is 12.5. The molecule has 2 amide bonds. The van der Waals surface area contributed by atoms with Crippen LogP contribution in [0, 0.1) is 5.41 Å². The van der Waals surface area contributed by atoms with E-state index in [0.29, 0.717) is 35.9 Å². The monoisotopic (exact) mass is 384 g/mol. The van der Waals surface area contributed by atoms with Crippen LogP contribution in [0.25, 0.3) is 0 Å². The molecule has 0 saturated heterocycles. The first kappa shape index (κ1) is 19.3. The van der Waals surface area contributed by atoms with Crippen molar-refractivity contribution in [1.82, 2.24) is 0 Å². The molecule has 1 aliphatic heterocycles. The summed E-state index contributed by atoms with van der Waals surface area (Å²) < 4.78 is 5.85. The zero-order valence-corrected chi connectivity index (χ0v) is 16.6. The second-order valence-corrected chi connectivity index (χ2v) is 8.35. The van der Waals surface area contributed by atoms with E-state index >= 15 is 0 Å². The lowest BCUT2D eigenvalue weighted by atomic mass is 9.93. The van der Waals surface area contributed by atoms with Crippen molar-refractivity contribution in [2.75, 3.05) is 29.6 Å². The van der Waals surface area contributed by atoms with Crippen LogP contribution in [0.1, 0.15) is 20.3 Å². The first-order valence-corrected chi connectivity index (χ1v) is 9.88. The third kappa shape index (κ3) is 4.63. The van der Waals surface area contributed by atoms with Gasteiger partial charge in [-0.05, 0) is 38.1 Å². The summed E-state index contributed by atoms with van der Waals surface area (Å²) in [5.41, 5.74) is 0.790. The fourth-order valence-electron chi connectivity index (χ4n) is 2.87. The summed E-state index contributed by atoms with van der Waals surface area (Å²) in [7, 11) is 1.75. The van der Waals surface area contributed by atoms with E-state index in [1.165, 1.54) is 0 Å². The highest BCUT2D eigenvalue weighted by Gasteiger charge is 2.36. The number of fused-ring (bicyclic) bond motifs is 1. The Hall–Kier alpha value is -2.47. The van der Waals surface area contributed by atoms with Gasteiger partial charge in [-0.25, -0.2) is 0 Å². The minimum atomic E-state index is -0.591. The highest BCUT2D eigenvalue weighted by atomic mass is 32.2. The molecule has 0 saturated carbocycles. The van der Waals surface area contributed by atoms with Crippen LogP contribution < -0.4 is 15.0 Å². The molecule has 1 heterocycles. The molecule has 1 N–H and O–H groups in total. The standard InChI is InChI=1S/C21H24N2O3S/c1-21(2)14-26-18-13-15(9-10-17(18)23(3)20(21)25)22-19(24)11-12-27-16-7-5-4-6-8-16/h4-10,13H,11-12,14H2,1-3H3,(H,22,24). The van der Waals surface area contributed by atoms with Gasteiger partial charge >= 0.3 is 0 Å². The highest BCUT2D eigenvalue weighted by molar-refractivity contribution is 7.99. The molecule has 6 heteroatoms. The van der Waals surface area contributed by atoms with Crippen molar-refractivity contribution >= 4 is 35.0 Å². The van der Waals surface area contributed by atoms with Crippen LogP contribution in [0.5, 0.6) is 5.75 Å². The average molecular weight is 385 g/mol. The van der Waals surface area contributed by atoms with Crippen LogP contribution in [0.2, 0.25) is 0 Å². The SMILES string of the molecule is CN1C(=O)C(C)(C)COc2cc(NC(=O)CCSc3ccccc3)ccc21. The van der Waals surface area contributed by atoms with Gasteiger partial charge in [0.25, 0.3) is 0 Å². The number of nitrogens with one attached hydrogen (secondary N) is 1. The molecule has 0 aromatic heterocycles. The third-order valence-electron chi connectivity index (χ3n) is 4.42. The largest absolute Gasteiger partial charge is 0.490 e. The van der Waals surface area contributed by atoms with Crippen LogP contribution >= 0.6 is 11.8 Å². The van der Waals surface area contributed by atoms with Gasteiger partial charge in [-0.1, -0.05) is 18.2 Å². The minimum absolute atomic E-state index is 0.0102. The Morgan fingerprint density at radius 2 is 1.96 bits per heavy atom. The van der Waals surface area contributed by atoms with Crippen molar-refractivity contribution in [3.8, 4) is 5.75 Å². The first-order valence-electron chi connectivity index (χ1n) is 8.89. The summed E-state index contributed by atoms with van der Waals surface area (Å²) in [6.45, 7) is 4.03. The Bertz CT molecular complexity index is 837. The number of carbonyl (C=O) groups is 2. The average Bonchev–Trinajstić information content (AvgIpc) is 2.73. The second kappa shape index (κ2) is 8.05. The number of anilines is 2. The summed E-state index contributed by atoms with van der Waals surface area (Å²) >= 11 is 1.66. The predicted octanol–water partition coefficient (Wildman–Crippen LogP) is 4.19. The molecule has 1 aliphatic rings. The number of carbonyl (C=O) groups excluding carboxylic acids is 2. The summed E-state index contributed by atoms with van der Waals surface area (Å²) in [6, 6.07) is 15.4. The Labute approximate surface area is 164 Å². The van der Waals surface area contributed by atoms with Gasteiger partial charge in [-0.2, -0.15) is 0 Å². The lowest BCUT2D eigenvalue weighted by Crippen LogP contribution is -2.39. The van der Waals surface area contributed by atoms with Gasteiger partial charge in [0.05, 0.1) is 11.1 Å². The van der Waals surface area contributed by atoms with Crippen molar-refractivity contribution in [3.63, 3.8) is 0 Å². The number of amides is 2. The molecule has 2 aromatic carbocycles. The van der Waals surface area contributed by atoms with E-state index in [1.807, 2.05) is 50.2 Å². The van der Waals surface area contributed by atoms with Gasteiger partial charge in [0.15, 0.2) is 0 Å². The molecule has 27 heavy (non-hydrogen) atoms. The summed E-state index contributed by atoms with van der Waals surface area (Å²) in [5, 5.41) is 2.91. The van der Waals surface area contributed by atoms with Crippen LogP contribution in [0.3, 0.4) is 0 Å². The van der Waals surface area contributed by atoms with Crippen molar-refractivity contribution in [2.45, 2.75) is 25.2 Å². The Kier molecular flexibility index (Phi) is 5.75. The van der Waals surface area contributed by atoms with Gasteiger partial charge < -0.3 is 15.0 Å². The van der Waals surface area contributed by atoms with Crippen LogP contribution in [-0.4, -0.2) is 31.2 Å². The smallest absolute Gasteiger partial charge is 0.235 e. The van der Waals surface area contributed by atoms with Gasteiger partial charge in [-0.3, -0.25) is 9.59 Å². The van der Waals surface area contributed by atoms with E-state index in [2.05, 4.69) is 5.32 Å². The molecule has 0 radical (unpaired) electrons. The molecule has 3 rings (SSSR count). The predicted molar refractivity (Wildman–Crippen MR) is 110 cm³/mol. The zero-order chi connectivity index (χ0) is 19.4. The molecule has 0 spiro atoms. The molecule has 0 fully saturated rings.